The van der Waals surface area contributed by atoms with Crippen molar-refractivity contribution in [1.29, 1.82) is 0 Å². The first-order valence-electron chi connectivity index (χ1n) is 10.8. The minimum absolute atomic E-state index is 1.21. The lowest BCUT2D eigenvalue weighted by Gasteiger charge is -2.03. The summed E-state index contributed by atoms with van der Waals surface area (Å²) >= 11 is 0. The molecule has 0 atom stereocenters. The maximum atomic E-state index is 3.76. The Morgan fingerprint density at radius 3 is 1.29 bits per heavy atom. The molecule has 0 N–H and O–H groups in total. The second-order valence-corrected chi connectivity index (χ2v) is 9.73. The predicted molar refractivity (Wildman–Crippen MR) is 119 cm³/mol. The summed E-state index contributed by atoms with van der Waals surface area (Å²) in [5, 5.41) is 0. The van der Waals surface area contributed by atoms with E-state index in [1.807, 2.05) is 27.7 Å². The van der Waals surface area contributed by atoms with E-state index >= 15 is 0 Å². The van der Waals surface area contributed by atoms with Gasteiger partial charge in [-0.05, 0) is 19.3 Å². The van der Waals surface area contributed by atoms with E-state index in [0.29, 0.717) is 0 Å². The standard InChI is InChI=1S/C19H38.C3H6S2/c1-3-5-7-9-11-13-15-17-19-18-16-14-12-10-8-6-4-2;1-2-4-5-3-1/h3H,1,4-19H2,2H3;1-3H2. The molecule has 0 aromatic rings. The van der Waals surface area contributed by atoms with Crippen LogP contribution in [0.25, 0.3) is 0 Å². The van der Waals surface area contributed by atoms with Gasteiger partial charge < -0.3 is 0 Å². The fourth-order valence-corrected chi connectivity index (χ4v) is 5.31. The van der Waals surface area contributed by atoms with Gasteiger partial charge in [0, 0.05) is 11.5 Å². The maximum absolute atomic E-state index is 3.76. The van der Waals surface area contributed by atoms with Gasteiger partial charge in [-0.25, -0.2) is 0 Å². The molecule has 0 bridgehead atoms. The molecule has 1 heterocycles. The average molecular weight is 373 g/mol. The zero-order chi connectivity index (χ0) is 17.6. The molecule has 0 aliphatic carbocycles. The monoisotopic (exact) mass is 372 g/mol. The molecule has 0 radical (unpaired) electrons. The summed E-state index contributed by atoms with van der Waals surface area (Å²) in [6, 6.07) is 0. The predicted octanol–water partition coefficient (Wildman–Crippen LogP) is 9.21. The van der Waals surface area contributed by atoms with Gasteiger partial charge in [-0.1, -0.05) is 124 Å². The van der Waals surface area contributed by atoms with Crippen LogP contribution >= 0.6 is 21.6 Å². The summed E-state index contributed by atoms with van der Waals surface area (Å²) in [5.74, 6) is 2.76. The maximum Gasteiger partial charge on any atom is 0.00450 e. The van der Waals surface area contributed by atoms with Gasteiger partial charge in [-0.2, -0.15) is 0 Å². The van der Waals surface area contributed by atoms with Crippen LogP contribution in [0, 0.1) is 0 Å². The molecule has 1 saturated heterocycles. The summed E-state index contributed by atoms with van der Waals surface area (Å²) in [5.41, 5.74) is 0. The molecule has 1 aliphatic heterocycles. The number of rotatable bonds is 16. The van der Waals surface area contributed by atoms with E-state index in [1.54, 1.807) is 0 Å². The van der Waals surface area contributed by atoms with Crippen molar-refractivity contribution in [3.8, 4) is 0 Å². The van der Waals surface area contributed by atoms with Crippen LogP contribution < -0.4 is 0 Å². The van der Waals surface area contributed by atoms with Gasteiger partial charge in [-0.15, -0.1) is 6.58 Å². The second-order valence-electron chi connectivity index (χ2n) is 7.02. The zero-order valence-electron chi connectivity index (χ0n) is 16.5. The quantitative estimate of drug-likeness (QED) is 0.150. The van der Waals surface area contributed by atoms with Crippen LogP contribution in [0.5, 0.6) is 0 Å². The molecule has 1 rings (SSSR count). The average Bonchev–Trinajstić information content (AvgIpc) is 3.18. The highest BCUT2D eigenvalue weighted by Gasteiger charge is 1.96. The van der Waals surface area contributed by atoms with Gasteiger partial charge >= 0.3 is 0 Å². The Labute approximate surface area is 161 Å². The van der Waals surface area contributed by atoms with E-state index in [9.17, 15) is 0 Å². The van der Waals surface area contributed by atoms with E-state index in [1.165, 1.54) is 121 Å². The molecule has 0 spiro atoms. The van der Waals surface area contributed by atoms with Crippen LogP contribution in [-0.4, -0.2) is 11.5 Å². The Hall–Kier alpha value is 0.440. The van der Waals surface area contributed by atoms with Crippen LogP contribution in [0.2, 0.25) is 0 Å². The van der Waals surface area contributed by atoms with Gasteiger partial charge in [0.25, 0.3) is 0 Å². The number of hydrogen-bond acceptors (Lipinski definition) is 2. The Morgan fingerprint density at radius 1 is 0.625 bits per heavy atom. The molecule has 0 saturated carbocycles. The summed E-state index contributed by atoms with van der Waals surface area (Å²) < 4.78 is 0. The lowest BCUT2D eigenvalue weighted by atomic mass is 10.0. The smallest absolute Gasteiger partial charge is 0.00450 e. The van der Waals surface area contributed by atoms with Crippen molar-refractivity contribution in [1.82, 2.24) is 0 Å². The zero-order valence-corrected chi connectivity index (χ0v) is 18.2. The fraction of sp³-hybridized carbons (Fsp3) is 0.909. The van der Waals surface area contributed by atoms with Crippen molar-refractivity contribution in [2.24, 2.45) is 0 Å². The van der Waals surface area contributed by atoms with Gasteiger partial charge in [0.2, 0.25) is 0 Å². The lowest BCUT2D eigenvalue weighted by molar-refractivity contribution is 0.533. The third-order valence-corrected chi connectivity index (χ3v) is 7.13. The summed E-state index contributed by atoms with van der Waals surface area (Å²) in [6.45, 7) is 6.06. The van der Waals surface area contributed by atoms with Crippen molar-refractivity contribution >= 4 is 21.6 Å². The molecule has 1 aliphatic rings. The first kappa shape index (κ1) is 24.4. The summed E-state index contributed by atoms with van der Waals surface area (Å²) in [7, 11) is 3.98. The van der Waals surface area contributed by atoms with E-state index in [-0.39, 0.29) is 0 Å². The largest absolute Gasteiger partial charge is 0.103 e. The van der Waals surface area contributed by atoms with E-state index in [0.717, 1.165) is 0 Å². The van der Waals surface area contributed by atoms with Gasteiger partial charge in [0.05, 0.1) is 0 Å². The molecule has 0 unspecified atom stereocenters. The molecule has 144 valence electrons. The topological polar surface area (TPSA) is 0 Å². The van der Waals surface area contributed by atoms with Crippen molar-refractivity contribution in [2.75, 3.05) is 11.5 Å². The van der Waals surface area contributed by atoms with Crippen LogP contribution in [0.4, 0.5) is 0 Å². The third-order valence-electron chi connectivity index (χ3n) is 4.55. The SMILES string of the molecule is C1CSSC1.C=CCCCCCCCCCCCCCCCCC. The first-order valence-corrected chi connectivity index (χ1v) is 13.3. The first-order chi connectivity index (χ1) is 11.9. The highest BCUT2D eigenvalue weighted by atomic mass is 33.1. The molecule has 2 heteroatoms. The lowest BCUT2D eigenvalue weighted by Crippen LogP contribution is -1.83. The molecule has 1 fully saturated rings. The Morgan fingerprint density at radius 2 is 1.00 bits per heavy atom. The normalized spacial score (nSPS) is 13.5. The van der Waals surface area contributed by atoms with Gasteiger partial charge in [-0.3, -0.25) is 0 Å². The minimum Gasteiger partial charge on any atom is -0.103 e. The Bertz CT molecular complexity index is 216. The van der Waals surface area contributed by atoms with Gasteiger partial charge in [0.15, 0.2) is 0 Å². The van der Waals surface area contributed by atoms with E-state index in [2.05, 4.69) is 13.5 Å². The van der Waals surface area contributed by atoms with Crippen LogP contribution in [0.1, 0.15) is 116 Å². The van der Waals surface area contributed by atoms with Crippen LogP contribution in [0.3, 0.4) is 0 Å². The molecule has 0 amide bonds. The molecule has 0 aromatic heterocycles. The van der Waals surface area contributed by atoms with Crippen molar-refractivity contribution in [2.45, 2.75) is 116 Å². The minimum atomic E-state index is 1.21. The second kappa shape index (κ2) is 23.4. The van der Waals surface area contributed by atoms with Crippen LogP contribution in [0.15, 0.2) is 12.7 Å². The highest BCUT2D eigenvalue weighted by molar-refractivity contribution is 8.77. The summed E-state index contributed by atoms with van der Waals surface area (Å²) in [4.78, 5) is 0. The Balaban J connectivity index is 0.000000889. The van der Waals surface area contributed by atoms with E-state index in [4.69, 9.17) is 0 Å². The van der Waals surface area contributed by atoms with Crippen LogP contribution in [-0.2, 0) is 0 Å². The van der Waals surface area contributed by atoms with Crippen molar-refractivity contribution in [3.05, 3.63) is 12.7 Å². The third kappa shape index (κ3) is 22.4. The fourth-order valence-electron chi connectivity index (χ4n) is 2.95. The molecular formula is C22H44S2. The van der Waals surface area contributed by atoms with Gasteiger partial charge in [0.1, 0.15) is 0 Å². The summed E-state index contributed by atoms with van der Waals surface area (Å²) in [6.07, 6.45) is 26.4. The van der Waals surface area contributed by atoms with Crippen molar-refractivity contribution < 1.29 is 0 Å². The highest BCUT2D eigenvalue weighted by Crippen LogP contribution is 2.29. The number of allylic oxidation sites excluding steroid dienone is 1. The Kier molecular flexibility index (Phi) is 23.9. The molecule has 24 heavy (non-hydrogen) atoms. The van der Waals surface area contributed by atoms with E-state index < -0.39 is 0 Å². The van der Waals surface area contributed by atoms with Crippen molar-refractivity contribution in [3.63, 3.8) is 0 Å². The molecular weight excluding hydrogens is 328 g/mol. The molecule has 0 nitrogen and oxygen atoms in total. The number of hydrogen-bond donors (Lipinski definition) is 0. The number of unbranched alkanes of at least 4 members (excludes halogenated alkanes) is 15. The molecule has 0 aromatic carbocycles.